The van der Waals surface area contributed by atoms with Gasteiger partial charge in [0.05, 0.1) is 50.4 Å². The zero-order valence-corrected chi connectivity index (χ0v) is 36.1. The van der Waals surface area contributed by atoms with E-state index in [2.05, 4.69) is 6.07 Å². The van der Waals surface area contributed by atoms with Crippen molar-refractivity contribution >= 4 is 43.6 Å². The second kappa shape index (κ2) is 16.3. The summed E-state index contributed by atoms with van der Waals surface area (Å²) in [7, 11) is 0. The Morgan fingerprint density at radius 1 is 0.362 bits per heavy atom. The van der Waals surface area contributed by atoms with E-state index >= 15 is 17.6 Å². The van der Waals surface area contributed by atoms with Crippen molar-refractivity contribution in [3.63, 3.8) is 0 Å². The third-order valence-electron chi connectivity index (χ3n) is 12.9. The van der Waals surface area contributed by atoms with Gasteiger partial charge in [-0.1, -0.05) is 133 Å². The molecule has 0 aliphatic heterocycles. The minimum atomic E-state index is -2.27. The van der Waals surface area contributed by atoms with Crippen molar-refractivity contribution in [2.24, 2.45) is 0 Å². The van der Waals surface area contributed by atoms with Crippen molar-refractivity contribution in [2.75, 3.05) is 0 Å². The van der Waals surface area contributed by atoms with Gasteiger partial charge in [-0.3, -0.25) is 9.97 Å². The van der Waals surface area contributed by atoms with Gasteiger partial charge < -0.3 is 9.13 Å². The van der Waals surface area contributed by atoms with Crippen LogP contribution in [0.15, 0.2) is 194 Å². The zero-order chi connectivity index (χ0) is 46.9. The molecule has 0 N–H and O–H groups in total. The Bertz CT molecular complexity index is 3850. The molecule has 8 aromatic carbocycles. The molecule has 4 aromatic heterocycles. The predicted molar refractivity (Wildman–Crippen MR) is 262 cm³/mol. The number of benzene rings is 8. The Morgan fingerprint density at radius 3 is 1.22 bits per heavy atom. The molecule has 10 heteroatoms. The lowest BCUT2D eigenvalue weighted by molar-refractivity contribution is 0.381. The molecule has 0 aliphatic rings. The highest BCUT2D eigenvalue weighted by Gasteiger charge is 2.30. The van der Waals surface area contributed by atoms with Crippen molar-refractivity contribution in [3.05, 3.63) is 229 Å². The lowest BCUT2D eigenvalue weighted by atomic mass is 9.97. The molecule has 0 atom stereocenters. The molecule has 0 radical (unpaired) electrons. The predicted octanol–water partition coefficient (Wildman–Crippen LogP) is 15.6. The van der Waals surface area contributed by atoms with Crippen LogP contribution >= 0.6 is 0 Å². The first-order valence-corrected chi connectivity index (χ1v) is 22.0. The summed E-state index contributed by atoms with van der Waals surface area (Å²) < 4.78 is 81.5. The highest BCUT2D eigenvalue weighted by molar-refractivity contribution is 6.12. The maximum absolute atomic E-state index is 16.3. The maximum Gasteiger partial charge on any atom is 0.200 e. The van der Waals surface area contributed by atoms with Crippen LogP contribution in [0.5, 0.6) is 0 Å². The average molecular weight is 906 g/mol. The zero-order valence-electron chi connectivity index (χ0n) is 36.1. The van der Waals surface area contributed by atoms with Crippen molar-refractivity contribution < 1.29 is 22.0 Å². The molecule has 0 fully saturated rings. The first-order valence-electron chi connectivity index (χ1n) is 22.0. The Kier molecular flexibility index (Phi) is 9.74. The molecule has 69 heavy (non-hydrogen) atoms. The number of aromatic nitrogens is 4. The molecule has 12 rings (SSSR count). The molecule has 5 nitrogen and oxygen atoms in total. The lowest BCUT2D eigenvalue weighted by Crippen LogP contribution is -2.08. The van der Waals surface area contributed by atoms with Crippen LogP contribution < -0.4 is 0 Å². The van der Waals surface area contributed by atoms with E-state index in [4.69, 9.17) is 9.97 Å². The second-order valence-corrected chi connectivity index (χ2v) is 16.6. The fourth-order valence-electron chi connectivity index (χ4n) is 9.81. The van der Waals surface area contributed by atoms with Crippen molar-refractivity contribution in [1.29, 1.82) is 5.26 Å². The molecule has 0 saturated heterocycles. The van der Waals surface area contributed by atoms with Gasteiger partial charge >= 0.3 is 0 Å². The number of para-hydroxylation sites is 2. The number of halogens is 5. The van der Waals surface area contributed by atoms with Gasteiger partial charge in [-0.15, -0.1) is 0 Å². The Balaban J connectivity index is 1.20. The van der Waals surface area contributed by atoms with Gasteiger partial charge in [0.15, 0.2) is 23.3 Å². The van der Waals surface area contributed by atoms with E-state index in [-0.39, 0.29) is 22.5 Å². The Labute approximate surface area is 390 Å². The molecule has 4 heterocycles. The highest BCUT2D eigenvalue weighted by atomic mass is 19.2. The van der Waals surface area contributed by atoms with E-state index in [1.807, 2.05) is 179 Å². The van der Waals surface area contributed by atoms with Crippen LogP contribution in [0.2, 0.25) is 0 Å². The minimum Gasteiger partial charge on any atom is -0.308 e. The number of rotatable bonds is 7. The van der Waals surface area contributed by atoms with Gasteiger partial charge in [0.2, 0.25) is 5.82 Å². The highest BCUT2D eigenvalue weighted by Crippen LogP contribution is 2.44. The molecule has 0 spiro atoms. The third kappa shape index (κ3) is 6.50. The standard InChI is InChI=1S/C59H32F5N5/c60-53-52(54(61)56(63)57(64)55(53)62)38-31-50(68-46-21-9-7-17-41(46)43-25-23-36(29-48(43)68)39-19-11-27-66-58(39)34-13-3-1-4-14-34)45(33-65)51(32-38)69-47-22-10-8-18-42(47)44-26-24-37(30-49(44)69)40-20-12-28-67-59(40)35-15-5-2-6-16-35/h1-32H. The summed E-state index contributed by atoms with van der Waals surface area (Å²) in [5.41, 5.74) is 7.87. The van der Waals surface area contributed by atoms with Crippen molar-refractivity contribution in [1.82, 2.24) is 19.1 Å². The SMILES string of the molecule is N#Cc1c(-n2c3ccccc3c3ccc(-c4cccnc4-c4ccccc4)cc32)cc(-c2c(F)c(F)c(F)c(F)c2F)cc1-n1c2ccccc2c2ccc(-c3cccnc3-c3ccccc3)cc21. The average Bonchev–Trinajstić information content (AvgIpc) is 3.92. The van der Waals surface area contributed by atoms with Gasteiger partial charge in [0.1, 0.15) is 11.6 Å². The smallest absolute Gasteiger partial charge is 0.200 e. The minimum absolute atomic E-state index is 0.0708. The van der Waals surface area contributed by atoms with Gasteiger partial charge in [0, 0.05) is 56.2 Å². The van der Waals surface area contributed by atoms with Crippen molar-refractivity contribution in [3.8, 4) is 73.3 Å². The molecule has 12 aromatic rings. The quantitative estimate of drug-likeness (QED) is 0.0909. The number of hydrogen-bond acceptors (Lipinski definition) is 3. The summed E-state index contributed by atoms with van der Waals surface area (Å²) in [5.74, 6) is -10.5. The van der Waals surface area contributed by atoms with Gasteiger partial charge in [-0.25, -0.2) is 22.0 Å². The van der Waals surface area contributed by atoms with E-state index < -0.39 is 34.6 Å². The summed E-state index contributed by atoms with van der Waals surface area (Å²) in [6.45, 7) is 0. The molecular weight excluding hydrogens is 874 g/mol. The normalized spacial score (nSPS) is 11.5. The molecule has 0 bridgehead atoms. The van der Waals surface area contributed by atoms with Crippen LogP contribution in [-0.2, 0) is 0 Å². The first-order chi connectivity index (χ1) is 33.8. The molecular formula is C59H32F5N5. The van der Waals surface area contributed by atoms with Crippen molar-refractivity contribution in [2.45, 2.75) is 0 Å². The van der Waals surface area contributed by atoms with Gasteiger partial charge in [-0.05, 0) is 65.2 Å². The third-order valence-corrected chi connectivity index (χ3v) is 12.9. The topological polar surface area (TPSA) is 59.4 Å². The second-order valence-electron chi connectivity index (χ2n) is 16.6. The van der Waals surface area contributed by atoms with Crippen LogP contribution in [0.4, 0.5) is 22.0 Å². The molecule has 328 valence electrons. The fraction of sp³-hybridized carbons (Fsp3) is 0. The maximum atomic E-state index is 16.3. The van der Waals surface area contributed by atoms with E-state index in [1.54, 1.807) is 12.4 Å². The Hall–Kier alpha value is -9.20. The van der Waals surface area contributed by atoms with Gasteiger partial charge in [0.25, 0.3) is 0 Å². The van der Waals surface area contributed by atoms with Gasteiger partial charge in [-0.2, -0.15) is 5.26 Å². The lowest BCUT2D eigenvalue weighted by Gasteiger charge is -2.19. The monoisotopic (exact) mass is 905 g/mol. The molecule has 0 saturated carbocycles. The Morgan fingerprint density at radius 2 is 0.768 bits per heavy atom. The molecule has 0 unspecified atom stereocenters. The van der Waals surface area contributed by atoms with E-state index in [1.165, 1.54) is 12.1 Å². The largest absolute Gasteiger partial charge is 0.308 e. The summed E-state index contributed by atoms with van der Waals surface area (Å²) in [6, 6.07) is 59.2. The van der Waals surface area contributed by atoms with E-state index in [0.29, 0.717) is 22.1 Å². The number of nitrogens with zero attached hydrogens (tertiary/aromatic N) is 5. The number of fused-ring (bicyclic) bond motifs is 6. The summed E-state index contributed by atoms with van der Waals surface area (Å²) in [5, 5.41) is 14.7. The first kappa shape index (κ1) is 41.2. The van der Waals surface area contributed by atoms with Crippen LogP contribution in [0.1, 0.15) is 5.56 Å². The number of pyridine rings is 2. The molecule has 0 amide bonds. The van der Waals surface area contributed by atoms with E-state index in [0.717, 1.165) is 66.3 Å². The van der Waals surface area contributed by atoms with Crippen LogP contribution in [0.3, 0.4) is 0 Å². The van der Waals surface area contributed by atoms with Crippen LogP contribution in [0, 0.1) is 40.4 Å². The molecule has 0 aliphatic carbocycles. The van der Waals surface area contributed by atoms with Crippen LogP contribution in [-0.4, -0.2) is 19.1 Å². The summed E-state index contributed by atoms with van der Waals surface area (Å²) in [4.78, 5) is 9.52. The summed E-state index contributed by atoms with van der Waals surface area (Å²) in [6.07, 6.45) is 3.45. The number of nitriles is 1. The van der Waals surface area contributed by atoms with E-state index in [9.17, 15) is 9.65 Å². The van der Waals surface area contributed by atoms with Crippen LogP contribution in [0.25, 0.3) is 111 Å². The summed E-state index contributed by atoms with van der Waals surface area (Å²) >= 11 is 0. The fourth-order valence-corrected chi connectivity index (χ4v) is 9.81. The number of hydrogen-bond donors (Lipinski definition) is 0.